The lowest BCUT2D eigenvalue weighted by molar-refractivity contribution is 0.922. The van der Waals surface area contributed by atoms with Crippen LogP contribution >= 0.6 is 0 Å². The Morgan fingerprint density at radius 2 is 1.57 bits per heavy atom. The van der Waals surface area contributed by atoms with E-state index in [1.807, 2.05) is 20.8 Å². The van der Waals surface area contributed by atoms with Crippen LogP contribution in [0.2, 0.25) is 0 Å². The third-order valence-electron chi connectivity index (χ3n) is 1.38. The van der Waals surface area contributed by atoms with E-state index in [1.54, 1.807) is 6.08 Å². The van der Waals surface area contributed by atoms with E-state index >= 15 is 0 Å². The molecular formula is C14H24. The molecule has 14 heavy (non-hydrogen) atoms. The highest BCUT2D eigenvalue weighted by Gasteiger charge is 1.84. The predicted octanol–water partition coefficient (Wildman–Crippen LogP) is 4.86. The zero-order valence-corrected chi connectivity index (χ0v) is 10.1. The maximum atomic E-state index is 3.36. The minimum Gasteiger partial charge on any atom is -0.103 e. The molecule has 0 unspecified atom stereocenters. The fourth-order valence-electron chi connectivity index (χ4n) is 0.933. The van der Waals surface area contributed by atoms with Crippen molar-refractivity contribution < 1.29 is 0 Å². The second-order valence-electron chi connectivity index (χ2n) is 2.64. The summed E-state index contributed by atoms with van der Waals surface area (Å²) in [5.74, 6) is 0. The van der Waals surface area contributed by atoms with Gasteiger partial charge in [0, 0.05) is 0 Å². The van der Waals surface area contributed by atoms with Gasteiger partial charge in [0.2, 0.25) is 0 Å². The lowest BCUT2D eigenvalue weighted by Gasteiger charge is -1.93. The summed E-state index contributed by atoms with van der Waals surface area (Å²) in [6.45, 7) is 11.5. The van der Waals surface area contributed by atoms with Gasteiger partial charge < -0.3 is 0 Å². The van der Waals surface area contributed by atoms with Crippen molar-refractivity contribution in [2.24, 2.45) is 0 Å². The average Bonchev–Trinajstić information content (AvgIpc) is 2.24. The van der Waals surface area contributed by atoms with Gasteiger partial charge in [0.05, 0.1) is 0 Å². The van der Waals surface area contributed by atoms with Crippen molar-refractivity contribution in [1.29, 1.82) is 0 Å². The molecule has 0 aromatic heterocycles. The second kappa shape index (κ2) is 14.5. The van der Waals surface area contributed by atoms with Crippen LogP contribution in [0.1, 0.15) is 39.7 Å². The van der Waals surface area contributed by atoms with Crippen LogP contribution in [0, 0.1) is 0 Å². The lowest BCUT2D eigenvalue weighted by Crippen LogP contribution is -1.78. The van der Waals surface area contributed by atoms with Gasteiger partial charge in [-0.3, -0.25) is 0 Å². The van der Waals surface area contributed by atoms with Crippen LogP contribution in [-0.2, 0) is 6.42 Å². The zero-order valence-electron chi connectivity index (χ0n) is 10.1. The third kappa shape index (κ3) is 11.0. The van der Waals surface area contributed by atoms with Gasteiger partial charge in [-0.05, 0) is 18.9 Å². The Bertz CT molecular complexity index is 186. The van der Waals surface area contributed by atoms with Crippen molar-refractivity contribution >= 4 is 0 Å². The van der Waals surface area contributed by atoms with E-state index in [2.05, 4.69) is 43.8 Å². The summed E-state index contributed by atoms with van der Waals surface area (Å²) in [7, 11) is 0. The Kier molecular flexibility index (Phi) is 16.0. The Morgan fingerprint density at radius 1 is 1.14 bits per heavy atom. The molecule has 0 aliphatic carbocycles. The number of allylic oxidation sites excluding steroid dienone is 1. The fraction of sp³-hybridized carbons (Fsp3) is 0.429. The molecule has 0 heteroatoms. The Morgan fingerprint density at radius 3 is 1.93 bits per heavy atom. The van der Waals surface area contributed by atoms with Gasteiger partial charge in [-0.25, -0.2) is 0 Å². The summed E-state index contributed by atoms with van der Waals surface area (Å²) in [4.78, 5) is 0. The van der Waals surface area contributed by atoms with Crippen molar-refractivity contribution in [3.05, 3.63) is 48.6 Å². The van der Waals surface area contributed by atoms with Crippen LogP contribution in [0.3, 0.4) is 0 Å². The summed E-state index contributed by atoms with van der Waals surface area (Å²) in [5, 5.41) is 0. The Balaban J connectivity index is 0. The molecular weight excluding hydrogens is 168 g/mol. The molecule has 0 saturated heterocycles. The minimum atomic E-state index is 1.21. The summed E-state index contributed by atoms with van der Waals surface area (Å²) in [6.07, 6.45) is 4.20. The lowest BCUT2D eigenvalue weighted by atomic mass is 10.1. The summed E-state index contributed by atoms with van der Waals surface area (Å²) >= 11 is 0. The molecule has 0 spiro atoms. The molecule has 0 aliphatic rings. The first-order chi connectivity index (χ1) is 6.85. The third-order valence-corrected chi connectivity index (χ3v) is 1.38. The number of hydrogen-bond donors (Lipinski definition) is 0. The molecule has 0 heterocycles. The summed E-state index contributed by atoms with van der Waals surface area (Å²) < 4.78 is 0. The highest BCUT2D eigenvalue weighted by molar-refractivity contribution is 5.14. The van der Waals surface area contributed by atoms with Gasteiger partial charge >= 0.3 is 0 Å². The molecule has 0 amide bonds. The maximum Gasteiger partial charge on any atom is -0.0281 e. The van der Waals surface area contributed by atoms with Gasteiger partial charge in [-0.15, -0.1) is 6.58 Å². The SMILES string of the molecule is C=CC.CC.CCCc1ccccc1. The number of aryl methyl sites for hydroxylation is 1. The quantitative estimate of drug-likeness (QED) is 0.587. The highest BCUT2D eigenvalue weighted by Crippen LogP contribution is 2.00. The van der Waals surface area contributed by atoms with Crippen LogP contribution in [0.25, 0.3) is 0 Å². The molecule has 0 N–H and O–H groups in total. The van der Waals surface area contributed by atoms with Crippen LogP contribution < -0.4 is 0 Å². The van der Waals surface area contributed by atoms with Gasteiger partial charge in [0.25, 0.3) is 0 Å². The van der Waals surface area contributed by atoms with Crippen molar-refractivity contribution in [2.45, 2.75) is 40.5 Å². The molecule has 0 radical (unpaired) electrons. The first-order valence-corrected chi connectivity index (χ1v) is 5.46. The molecule has 0 bridgehead atoms. The molecule has 0 aliphatic heterocycles. The number of benzene rings is 1. The van der Waals surface area contributed by atoms with Gasteiger partial charge in [0.1, 0.15) is 0 Å². The van der Waals surface area contributed by atoms with Crippen molar-refractivity contribution in [2.75, 3.05) is 0 Å². The molecule has 0 nitrogen and oxygen atoms in total. The van der Waals surface area contributed by atoms with Crippen LogP contribution in [0.4, 0.5) is 0 Å². The predicted molar refractivity (Wildman–Crippen MR) is 67.7 cm³/mol. The first-order valence-electron chi connectivity index (χ1n) is 5.46. The molecule has 1 rings (SSSR count). The van der Waals surface area contributed by atoms with E-state index in [0.29, 0.717) is 0 Å². The maximum absolute atomic E-state index is 3.36. The molecule has 0 atom stereocenters. The van der Waals surface area contributed by atoms with Crippen LogP contribution in [-0.4, -0.2) is 0 Å². The fourth-order valence-corrected chi connectivity index (χ4v) is 0.933. The van der Waals surface area contributed by atoms with Gasteiger partial charge in [0.15, 0.2) is 0 Å². The van der Waals surface area contributed by atoms with E-state index in [9.17, 15) is 0 Å². The minimum absolute atomic E-state index is 1.21. The van der Waals surface area contributed by atoms with Crippen molar-refractivity contribution in [3.63, 3.8) is 0 Å². The average molecular weight is 192 g/mol. The van der Waals surface area contributed by atoms with Crippen molar-refractivity contribution in [3.8, 4) is 0 Å². The van der Waals surface area contributed by atoms with Crippen molar-refractivity contribution in [1.82, 2.24) is 0 Å². The van der Waals surface area contributed by atoms with Crippen LogP contribution in [0.15, 0.2) is 43.0 Å². The number of rotatable bonds is 2. The zero-order chi connectivity index (χ0) is 11.2. The topological polar surface area (TPSA) is 0 Å². The van der Waals surface area contributed by atoms with E-state index in [1.165, 1.54) is 18.4 Å². The highest BCUT2D eigenvalue weighted by atomic mass is 13.9. The summed E-state index contributed by atoms with van der Waals surface area (Å²) in [6, 6.07) is 10.6. The number of hydrogen-bond acceptors (Lipinski definition) is 0. The Labute approximate surface area is 89.7 Å². The first kappa shape index (κ1) is 15.4. The summed E-state index contributed by atoms with van der Waals surface area (Å²) in [5.41, 5.74) is 1.44. The Hall–Kier alpha value is -1.04. The normalized spacial score (nSPS) is 7.43. The van der Waals surface area contributed by atoms with Gasteiger partial charge in [-0.1, -0.05) is 63.6 Å². The van der Waals surface area contributed by atoms with E-state index < -0.39 is 0 Å². The van der Waals surface area contributed by atoms with E-state index in [-0.39, 0.29) is 0 Å². The monoisotopic (exact) mass is 192 g/mol. The van der Waals surface area contributed by atoms with Gasteiger partial charge in [-0.2, -0.15) is 0 Å². The molecule has 1 aromatic rings. The molecule has 0 saturated carbocycles. The standard InChI is InChI=1S/C9H12.C3H6.C2H6/c1-2-6-9-7-4-3-5-8-9;1-3-2;1-2/h3-5,7-8H,2,6H2,1H3;3H,1H2,2H3;1-2H3. The molecule has 1 aromatic carbocycles. The largest absolute Gasteiger partial charge is 0.103 e. The molecule has 80 valence electrons. The molecule has 0 fully saturated rings. The van der Waals surface area contributed by atoms with E-state index in [0.717, 1.165) is 0 Å². The van der Waals surface area contributed by atoms with Crippen LogP contribution in [0.5, 0.6) is 0 Å². The smallest absolute Gasteiger partial charge is 0.0281 e. The second-order valence-corrected chi connectivity index (χ2v) is 2.64. The van der Waals surface area contributed by atoms with E-state index in [4.69, 9.17) is 0 Å².